The number of thioether (sulfide) groups is 1. The Hall–Kier alpha value is -0.890. The largest absolute Gasteiger partial charge is 0.385 e. The highest BCUT2D eigenvalue weighted by atomic mass is 32.2. The van der Waals surface area contributed by atoms with Gasteiger partial charge in [0.15, 0.2) is 5.82 Å². The molecule has 0 radical (unpaired) electrons. The summed E-state index contributed by atoms with van der Waals surface area (Å²) in [6.07, 6.45) is 0.982. The molecule has 0 aliphatic carbocycles. The Morgan fingerprint density at radius 3 is 2.82 bits per heavy atom. The molecular weight excluding hydrogens is 240 g/mol. The molecule has 0 aromatic carbocycles. The van der Waals surface area contributed by atoms with Crippen LogP contribution in [0.2, 0.25) is 0 Å². The van der Waals surface area contributed by atoms with Gasteiger partial charge in [0.25, 0.3) is 0 Å². The molecule has 17 heavy (non-hydrogen) atoms. The number of hydrogen-bond acceptors (Lipinski definition) is 7. The van der Waals surface area contributed by atoms with Gasteiger partial charge in [-0.25, -0.2) is 15.8 Å². The molecule has 0 aliphatic rings. The van der Waals surface area contributed by atoms with E-state index in [1.165, 1.54) is 0 Å². The number of hydrazine groups is 1. The smallest absolute Gasteiger partial charge is 0.157 e. The summed E-state index contributed by atoms with van der Waals surface area (Å²) in [5.74, 6) is 7.52. The summed E-state index contributed by atoms with van der Waals surface area (Å²) in [6, 6.07) is 1.82. The predicted molar refractivity (Wildman–Crippen MR) is 67.8 cm³/mol. The molecular formula is C10H18N4O2S. The second kappa shape index (κ2) is 8.24. The summed E-state index contributed by atoms with van der Waals surface area (Å²) in [7, 11) is 3.31. The molecule has 1 aromatic heterocycles. The summed E-state index contributed by atoms with van der Waals surface area (Å²) in [5.41, 5.74) is 2.52. The van der Waals surface area contributed by atoms with E-state index in [0.717, 1.165) is 23.8 Å². The Kier molecular flexibility index (Phi) is 6.87. The molecule has 1 heterocycles. The van der Waals surface area contributed by atoms with Gasteiger partial charge in [-0.2, -0.15) is 0 Å². The van der Waals surface area contributed by atoms with Crippen LogP contribution in [0.1, 0.15) is 12.2 Å². The number of methoxy groups -OCH3 is 2. The summed E-state index contributed by atoms with van der Waals surface area (Å²) in [4.78, 5) is 8.54. The molecule has 7 heteroatoms. The third kappa shape index (κ3) is 5.31. The molecule has 0 saturated carbocycles. The quantitative estimate of drug-likeness (QED) is 0.237. The van der Waals surface area contributed by atoms with Crippen molar-refractivity contribution >= 4 is 17.6 Å². The zero-order valence-corrected chi connectivity index (χ0v) is 10.9. The molecule has 0 saturated heterocycles. The van der Waals surface area contributed by atoms with Crippen LogP contribution in [0.15, 0.2) is 11.1 Å². The van der Waals surface area contributed by atoms with Crippen molar-refractivity contribution in [2.45, 2.75) is 18.1 Å². The normalized spacial score (nSPS) is 10.5. The Balaban J connectivity index is 2.59. The van der Waals surface area contributed by atoms with Crippen LogP contribution in [0.5, 0.6) is 0 Å². The lowest BCUT2D eigenvalue weighted by atomic mass is 10.5. The fourth-order valence-electron chi connectivity index (χ4n) is 1.19. The minimum atomic E-state index is 0.376. The van der Waals surface area contributed by atoms with Gasteiger partial charge in [0.1, 0.15) is 17.5 Å². The molecule has 0 aliphatic heterocycles. The first-order valence-corrected chi connectivity index (χ1v) is 6.24. The van der Waals surface area contributed by atoms with Crippen LogP contribution in [0.25, 0.3) is 0 Å². The van der Waals surface area contributed by atoms with Crippen LogP contribution < -0.4 is 11.3 Å². The van der Waals surface area contributed by atoms with Crippen LogP contribution in [0.4, 0.5) is 5.82 Å². The van der Waals surface area contributed by atoms with Gasteiger partial charge in [-0.3, -0.25) is 0 Å². The number of anilines is 1. The number of nitrogens with one attached hydrogen (secondary N) is 1. The number of rotatable bonds is 8. The van der Waals surface area contributed by atoms with Crippen LogP contribution in [0, 0.1) is 0 Å². The summed E-state index contributed by atoms with van der Waals surface area (Å²) >= 11 is 1.65. The topological polar surface area (TPSA) is 82.3 Å². The Labute approximate surface area is 105 Å². The van der Waals surface area contributed by atoms with E-state index in [9.17, 15) is 0 Å². The number of nitrogens with zero attached hydrogens (tertiary/aromatic N) is 2. The van der Waals surface area contributed by atoms with Crippen molar-refractivity contribution in [3.8, 4) is 0 Å². The van der Waals surface area contributed by atoms with Crippen LogP contribution >= 0.6 is 11.8 Å². The van der Waals surface area contributed by atoms with Crippen LogP contribution in [0.3, 0.4) is 0 Å². The third-order valence-corrected chi connectivity index (χ3v) is 2.91. The van der Waals surface area contributed by atoms with E-state index < -0.39 is 0 Å². The number of aromatic nitrogens is 2. The fraction of sp³-hybridized carbons (Fsp3) is 0.600. The molecule has 0 spiro atoms. The van der Waals surface area contributed by atoms with Gasteiger partial charge in [-0.1, -0.05) is 0 Å². The standard InChI is InChI=1S/C10H18N4O2S/c1-15-4-3-5-17-10-6-8(14-11)12-9(13-10)7-16-2/h6H,3-5,7,11H2,1-2H3,(H,12,13,14). The van der Waals surface area contributed by atoms with E-state index in [0.29, 0.717) is 18.2 Å². The van der Waals surface area contributed by atoms with Crippen LogP contribution in [-0.2, 0) is 16.1 Å². The van der Waals surface area contributed by atoms with Gasteiger partial charge in [0.2, 0.25) is 0 Å². The van der Waals surface area contributed by atoms with Gasteiger partial charge in [0, 0.05) is 32.6 Å². The van der Waals surface area contributed by atoms with Crippen molar-refractivity contribution in [1.82, 2.24) is 9.97 Å². The zero-order chi connectivity index (χ0) is 12.5. The highest BCUT2D eigenvalue weighted by Crippen LogP contribution is 2.19. The van der Waals surface area contributed by atoms with Gasteiger partial charge >= 0.3 is 0 Å². The first-order valence-electron chi connectivity index (χ1n) is 5.25. The Bertz CT molecular complexity index is 338. The maximum absolute atomic E-state index is 5.35. The lowest BCUT2D eigenvalue weighted by Gasteiger charge is -2.06. The summed E-state index contributed by atoms with van der Waals surface area (Å²) in [5, 5.41) is 0.885. The predicted octanol–water partition coefficient (Wildman–Crippen LogP) is 1.04. The molecule has 3 N–H and O–H groups in total. The van der Waals surface area contributed by atoms with Crippen molar-refractivity contribution in [2.24, 2.45) is 5.84 Å². The van der Waals surface area contributed by atoms with Gasteiger partial charge in [-0.05, 0) is 6.42 Å². The molecule has 0 amide bonds. The molecule has 0 atom stereocenters. The van der Waals surface area contributed by atoms with Crippen LogP contribution in [-0.4, -0.2) is 36.5 Å². The second-order valence-corrected chi connectivity index (χ2v) is 4.40. The molecule has 6 nitrogen and oxygen atoms in total. The van der Waals surface area contributed by atoms with E-state index in [1.807, 2.05) is 6.07 Å². The van der Waals surface area contributed by atoms with E-state index in [1.54, 1.807) is 26.0 Å². The highest BCUT2D eigenvalue weighted by Gasteiger charge is 2.04. The average Bonchev–Trinajstić information content (AvgIpc) is 2.35. The number of hydrogen-bond donors (Lipinski definition) is 2. The third-order valence-electron chi connectivity index (χ3n) is 1.91. The maximum atomic E-state index is 5.35. The summed E-state index contributed by atoms with van der Waals surface area (Å²) in [6.45, 7) is 1.13. The Morgan fingerprint density at radius 2 is 2.18 bits per heavy atom. The first-order chi connectivity index (χ1) is 8.30. The van der Waals surface area contributed by atoms with Gasteiger partial charge in [-0.15, -0.1) is 11.8 Å². The molecule has 96 valence electrons. The molecule has 1 aromatic rings. The van der Waals surface area contributed by atoms with Gasteiger partial charge < -0.3 is 14.9 Å². The van der Waals surface area contributed by atoms with Crippen molar-refractivity contribution in [3.63, 3.8) is 0 Å². The Morgan fingerprint density at radius 1 is 1.35 bits per heavy atom. The molecule has 0 bridgehead atoms. The van der Waals surface area contributed by atoms with Crippen molar-refractivity contribution in [2.75, 3.05) is 32.0 Å². The minimum Gasteiger partial charge on any atom is -0.385 e. The SMILES string of the molecule is COCCCSc1cc(NN)nc(COC)n1. The number of nitrogens with two attached hydrogens (primary N) is 1. The zero-order valence-electron chi connectivity index (χ0n) is 10.1. The van der Waals surface area contributed by atoms with Crippen molar-refractivity contribution in [3.05, 3.63) is 11.9 Å². The first kappa shape index (κ1) is 14.2. The van der Waals surface area contributed by atoms with E-state index in [2.05, 4.69) is 15.4 Å². The maximum Gasteiger partial charge on any atom is 0.157 e. The molecule has 0 unspecified atom stereocenters. The van der Waals surface area contributed by atoms with E-state index >= 15 is 0 Å². The van der Waals surface area contributed by atoms with Crippen molar-refractivity contribution in [1.29, 1.82) is 0 Å². The number of nitrogen functional groups attached to an aromatic ring is 1. The lowest BCUT2D eigenvalue weighted by Crippen LogP contribution is -2.11. The van der Waals surface area contributed by atoms with Gasteiger partial charge in [0.05, 0.1) is 0 Å². The van der Waals surface area contributed by atoms with E-state index in [4.69, 9.17) is 15.3 Å². The fourth-order valence-corrected chi connectivity index (χ4v) is 2.03. The monoisotopic (exact) mass is 258 g/mol. The minimum absolute atomic E-state index is 0.376. The number of ether oxygens (including phenoxy) is 2. The van der Waals surface area contributed by atoms with E-state index in [-0.39, 0.29) is 0 Å². The van der Waals surface area contributed by atoms with Crippen molar-refractivity contribution < 1.29 is 9.47 Å². The summed E-state index contributed by atoms with van der Waals surface area (Å²) < 4.78 is 9.99. The molecule has 0 fully saturated rings. The molecule has 1 rings (SSSR count). The highest BCUT2D eigenvalue weighted by molar-refractivity contribution is 7.99. The second-order valence-electron chi connectivity index (χ2n) is 3.28. The average molecular weight is 258 g/mol. The lowest BCUT2D eigenvalue weighted by molar-refractivity contribution is 0.177.